The van der Waals surface area contributed by atoms with Gasteiger partial charge in [0, 0.05) is 20.1 Å². The third-order valence-corrected chi connectivity index (χ3v) is 3.06. The van der Waals surface area contributed by atoms with Crippen LogP contribution in [0, 0.1) is 0 Å². The third-order valence-electron chi connectivity index (χ3n) is 3.06. The van der Waals surface area contributed by atoms with Gasteiger partial charge in [0.25, 0.3) is 0 Å². The number of rotatable bonds is 1. The molecule has 18 heavy (non-hydrogen) atoms. The summed E-state index contributed by atoms with van der Waals surface area (Å²) in [6.45, 7) is 5.33. The minimum atomic E-state index is -4.37. The van der Waals surface area contributed by atoms with E-state index in [9.17, 15) is 13.2 Å². The molecule has 1 fully saturated rings. The Labute approximate surface area is 103 Å². The Balaban J connectivity index is 2.34. The predicted molar refractivity (Wildman–Crippen MR) is 65.0 cm³/mol. The van der Waals surface area contributed by atoms with E-state index in [1.54, 1.807) is 0 Å². The average Bonchev–Trinajstić information content (AvgIpc) is 2.59. The number of nitrogens with zero attached hydrogens (tertiary/aromatic N) is 2. The molecule has 0 bridgehead atoms. The monoisotopic (exact) mass is 257 g/mol. The Kier molecular flexibility index (Phi) is 2.88. The molecular weight excluding hydrogens is 243 g/mol. The van der Waals surface area contributed by atoms with Crippen molar-refractivity contribution in [2.75, 3.05) is 30.8 Å². The minimum Gasteiger partial charge on any atom is -0.397 e. The molecule has 1 aliphatic rings. The topological polar surface area (TPSA) is 32.5 Å². The standard InChI is InChI=1S/C12H14F3N3/c1-8-17(2)5-6-18(8)11-4-3-9(7-10(11)16)12(13,14)15/h3-4,7H,1,5-6,16H2,2H3. The lowest BCUT2D eigenvalue weighted by Crippen LogP contribution is -2.20. The molecule has 6 heteroatoms. The van der Waals surface area contributed by atoms with Crippen LogP contribution in [0.2, 0.25) is 0 Å². The van der Waals surface area contributed by atoms with Crippen LogP contribution >= 0.6 is 0 Å². The van der Waals surface area contributed by atoms with Crippen LogP contribution in [-0.4, -0.2) is 25.0 Å². The summed E-state index contributed by atoms with van der Waals surface area (Å²) in [4.78, 5) is 3.74. The van der Waals surface area contributed by atoms with Crippen molar-refractivity contribution in [2.45, 2.75) is 6.18 Å². The molecule has 1 aromatic carbocycles. The lowest BCUT2D eigenvalue weighted by molar-refractivity contribution is -0.137. The van der Waals surface area contributed by atoms with Gasteiger partial charge in [0.05, 0.1) is 16.9 Å². The van der Waals surface area contributed by atoms with Crippen molar-refractivity contribution in [1.82, 2.24) is 4.90 Å². The molecule has 0 unspecified atom stereocenters. The van der Waals surface area contributed by atoms with E-state index in [0.717, 1.165) is 24.5 Å². The first-order chi connectivity index (χ1) is 8.30. The highest BCUT2D eigenvalue weighted by Gasteiger charge is 2.32. The van der Waals surface area contributed by atoms with Gasteiger partial charge in [0.15, 0.2) is 0 Å². The van der Waals surface area contributed by atoms with Crippen LogP contribution in [0.1, 0.15) is 5.56 Å². The molecule has 2 rings (SSSR count). The zero-order chi connectivity index (χ0) is 13.5. The molecule has 3 nitrogen and oxygen atoms in total. The van der Waals surface area contributed by atoms with Crippen LogP contribution in [0.4, 0.5) is 24.5 Å². The van der Waals surface area contributed by atoms with Crippen LogP contribution in [0.5, 0.6) is 0 Å². The fourth-order valence-corrected chi connectivity index (χ4v) is 1.95. The molecule has 0 atom stereocenters. The molecule has 0 radical (unpaired) electrons. The van der Waals surface area contributed by atoms with E-state index in [1.807, 2.05) is 16.8 Å². The summed E-state index contributed by atoms with van der Waals surface area (Å²) in [7, 11) is 1.88. The highest BCUT2D eigenvalue weighted by atomic mass is 19.4. The molecule has 2 N–H and O–H groups in total. The lowest BCUT2D eigenvalue weighted by Gasteiger charge is -2.23. The van der Waals surface area contributed by atoms with Crippen LogP contribution in [0.15, 0.2) is 30.6 Å². The fourth-order valence-electron chi connectivity index (χ4n) is 1.95. The van der Waals surface area contributed by atoms with Gasteiger partial charge in [-0.15, -0.1) is 0 Å². The summed E-state index contributed by atoms with van der Waals surface area (Å²) in [5.41, 5.74) is 5.65. The summed E-state index contributed by atoms with van der Waals surface area (Å²) in [6, 6.07) is 3.39. The van der Waals surface area contributed by atoms with E-state index in [0.29, 0.717) is 12.2 Å². The zero-order valence-corrected chi connectivity index (χ0v) is 9.96. The van der Waals surface area contributed by atoms with Crippen LogP contribution in [-0.2, 0) is 6.18 Å². The summed E-state index contributed by atoms with van der Waals surface area (Å²) < 4.78 is 37.6. The highest BCUT2D eigenvalue weighted by Crippen LogP contribution is 2.36. The fraction of sp³-hybridized carbons (Fsp3) is 0.333. The van der Waals surface area contributed by atoms with Crippen molar-refractivity contribution >= 4 is 11.4 Å². The molecule has 0 amide bonds. The molecular formula is C12H14F3N3. The molecule has 1 aliphatic heterocycles. The first-order valence-electron chi connectivity index (χ1n) is 5.45. The number of nitrogen functional groups attached to an aromatic ring is 1. The average molecular weight is 257 g/mol. The quantitative estimate of drug-likeness (QED) is 0.785. The first-order valence-corrected chi connectivity index (χ1v) is 5.45. The molecule has 1 saturated heterocycles. The van der Waals surface area contributed by atoms with Crippen molar-refractivity contribution in [3.63, 3.8) is 0 Å². The Bertz CT molecular complexity index is 482. The van der Waals surface area contributed by atoms with E-state index >= 15 is 0 Å². The van der Waals surface area contributed by atoms with E-state index in [1.165, 1.54) is 6.07 Å². The first kappa shape index (κ1) is 12.6. The molecule has 1 heterocycles. The number of nitrogens with two attached hydrogens (primary N) is 1. The van der Waals surface area contributed by atoms with E-state index in [4.69, 9.17) is 5.73 Å². The highest BCUT2D eigenvalue weighted by molar-refractivity contribution is 5.71. The van der Waals surface area contributed by atoms with Crippen molar-refractivity contribution in [2.24, 2.45) is 0 Å². The second-order valence-corrected chi connectivity index (χ2v) is 4.26. The lowest BCUT2D eigenvalue weighted by atomic mass is 10.1. The van der Waals surface area contributed by atoms with Gasteiger partial charge in [-0.1, -0.05) is 6.58 Å². The number of benzene rings is 1. The summed E-state index contributed by atoms with van der Waals surface area (Å²) in [5.74, 6) is 0.737. The van der Waals surface area contributed by atoms with Gasteiger partial charge in [-0.25, -0.2) is 0 Å². The summed E-state index contributed by atoms with van der Waals surface area (Å²) >= 11 is 0. The second kappa shape index (κ2) is 4.12. The number of likely N-dealkylation sites (N-methyl/N-ethyl adjacent to an activating group) is 1. The third kappa shape index (κ3) is 2.10. The Morgan fingerprint density at radius 1 is 1.28 bits per heavy atom. The van der Waals surface area contributed by atoms with Crippen LogP contribution in [0.25, 0.3) is 0 Å². The summed E-state index contributed by atoms with van der Waals surface area (Å²) in [5, 5.41) is 0. The smallest absolute Gasteiger partial charge is 0.397 e. The molecule has 0 spiro atoms. The normalized spacial score (nSPS) is 16.6. The number of anilines is 2. The molecule has 1 aromatic rings. The van der Waals surface area contributed by atoms with Gasteiger partial charge in [0.2, 0.25) is 0 Å². The van der Waals surface area contributed by atoms with Gasteiger partial charge >= 0.3 is 6.18 Å². The molecule has 0 aliphatic carbocycles. The number of hydrogen-bond donors (Lipinski definition) is 1. The van der Waals surface area contributed by atoms with Gasteiger partial charge in [-0.2, -0.15) is 13.2 Å². The van der Waals surface area contributed by atoms with Crippen molar-refractivity contribution < 1.29 is 13.2 Å². The Morgan fingerprint density at radius 3 is 2.39 bits per heavy atom. The van der Waals surface area contributed by atoms with Crippen molar-refractivity contribution in [3.05, 3.63) is 36.2 Å². The Morgan fingerprint density at radius 2 is 1.94 bits per heavy atom. The maximum absolute atomic E-state index is 12.5. The van der Waals surface area contributed by atoms with E-state index in [-0.39, 0.29) is 5.69 Å². The van der Waals surface area contributed by atoms with Crippen molar-refractivity contribution in [1.29, 1.82) is 0 Å². The minimum absolute atomic E-state index is 0.112. The molecule has 0 aromatic heterocycles. The largest absolute Gasteiger partial charge is 0.416 e. The maximum atomic E-state index is 12.5. The Hall–Kier alpha value is -1.85. The maximum Gasteiger partial charge on any atom is 0.416 e. The van der Waals surface area contributed by atoms with Gasteiger partial charge in [0.1, 0.15) is 5.82 Å². The second-order valence-electron chi connectivity index (χ2n) is 4.26. The van der Waals surface area contributed by atoms with E-state index < -0.39 is 11.7 Å². The molecule has 98 valence electrons. The zero-order valence-electron chi connectivity index (χ0n) is 9.96. The van der Waals surface area contributed by atoms with E-state index in [2.05, 4.69) is 6.58 Å². The number of halogens is 3. The van der Waals surface area contributed by atoms with Crippen molar-refractivity contribution in [3.8, 4) is 0 Å². The number of alkyl halides is 3. The van der Waals surface area contributed by atoms with Gasteiger partial charge in [-0.05, 0) is 18.2 Å². The SMILES string of the molecule is C=C1N(C)CCN1c1ccc(C(F)(F)F)cc1N. The summed E-state index contributed by atoms with van der Waals surface area (Å²) in [6.07, 6.45) is -4.37. The predicted octanol–water partition coefficient (Wildman–Crippen LogP) is 2.51. The van der Waals surface area contributed by atoms with Gasteiger partial charge in [-0.3, -0.25) is 0 Å². The van der Waals surface area contributed by atoms with Crippen LogP contribution < -0.4 is 10.6 Å². The number of hydrogen-bond acceptors (Lipinski definition) is 3. The van der Waals surface area contributed by atoms with Gasteiger partial charge < -0.3 is 15.5 Å². The van der Waals surface area contributed by atoms with Crippen LogP contribution in [0.3, 0.4) is 0 Å². The molecule has 0 saturated carbocycles.